The Morgan fingerprint density at radius 2 is 1.16 bits per heavy atom. The van der Waals surface area contributed by atoms with Crippen LogP contribution >= 0.6 is 0 Å². The van der Waals surface area contributed by atoms with E-state index in [2.05, 4.69) is 42.3 Å². The molecule has 4 rings (SSSR count). The molecule has 5 amide bonds. The first-order chi connectivity index (χ1) is 36.8. The van der Waals surface area contributed by atoms with Gasteiger partial charge in [0.1, 0.15) is 17.0 Å². The van der Waals surface area contributed by atoms with Crippen molar-refractivity contribution in [2.24, 2.45) is 16.0 Å². The number of primary amides is 1. The van der Waals surface area contributed by atoms with E-state index >= 15 is 0 Å². The Bertz CT molecular complexity index is 2400. The van der Waals surface area contributed by atoms with E-state index in [-0.39, 0.29) is 35.2 Å². The van der Waals surface area contributed by atoms with Crippen LogP contribution in [0.5, 0.6) is 5.75 Å². The Morgan fingerprint density at radius 1 is 0.553 bits per heavy atom. The lowest BCUT2D eigenvalue weighted by Crippen LogP contribution is -2.33. The molecule has 0 aromatic heterocycles. The van der Waals surface area contributed by atoms with Crippen molar-refractivity contribution in [1.82, 2.24) is 21.4 Å². The van der Waals surface area contributed by atoms with Gasteiger partial charge in [0.15, 0.2) is 0 Å². The molecule has 0 spiro atoms. The number of nitrogens with one attached hydrogen (secondary N) is 6. The van der Waals surface area contributed by atoms with E-state index in [0.717, 1.165) is 30.5 Å². The summed E-state index contributed by atoms with van der Waals surface area (Å²) < 4.78 is 38.4. The fraction of sp³-hybridized carbons (Fsp3) is 0.463. The van der Waals surface area contributed by atoms with Crippen molar-refractivity contribution >= 4 is 52.5 Å². The van der Waals surface area contributed by atoms with Gasteiger partial charge in [-0.1, -0.05) is 24.3 Å². The molecule has 414 valence electrons. The minimum absolute atomic E-state index is 0.0367. The molecule has 0 fully saturated rings. The number of para-hydroxylation sites is 2. The molecule has 0 bridgehead atoms. The number of unbranched alkanes of at least 4 members (excludes halogenated alkanes) is 2. The Labute approximate surface area is 444 Å². The largest absolute Gasteiger partial charge is 0.506 e. The third-order valence-electron chi connectivity index (χ3n) is 10.5. The first kappa shape index (κ1) is 61.3. The first-order valence-corrected chi connectivity index (χ1v) is 25.4. The number of aromatic hydroxyl groups is 1. The zero-order chi connectivity index (χ0) is 54.6. The normalized spacial score (nSPS) is 11.2. The maximum Gasteiger partial charge on any atom is 0.407 e. The third-order valence-corrected chi connectivity index (χ3v) is 10.5. The van der Waals surface area contributed by atoms with Crippen LogP contribution in [-0.2, 0) is 44.4 Å². The minimum atomic E-state index is -0.607. The number of ether oxygens (including phenoxy) is 7. The molecule has 0 radical (unpaired) electrons. The van der Waals surface area contributed by atoms with Gasteiger partial charge in [-0.2, -0.15) is 5.11 Å². The molecule has 0 unspecified atom stereocenters. The number of carbonyl (C=O) groups is 5. The highest BCUT2D eigenvalue weighted by Crippen LogP contribution is 2.29. The summed E-state index contributed by atoms with van der Waals surface area (Å²) in [6, 6.07) is 25.2. The molecule has 0 aliphatic carbocycles. The molecule has 0 heterocycles. The molecule has 0 atom stereocenters. The highest BCUT2D eigenvalue weighted by Gasteiger charge is 2.16. The second-order valence-corrected chi connectivity index (χ2v) is 17.8. The second-order valence-electron chi connectivity index (χ2n) is 17.8. The van der Waals surface area contributed by atoms with Gasteiger partial charge in [-0.3, -0.25) is 30.0 Å². The number of rotatable bonds is 38. The number of benzene rings is 4. The van der Waals surface area contributed by atoms with Crippen molar-refractivity contribution in [2.75, 3.05) is 116 Å². The highest BCUT2D eigenvalue weighted by atomic mass is 16.6. The van der Waals surface area contributed by atoms with E-state index in [9.17, 15) is 29.1 Å². The number of hydrazine groups is 1. The summed E-state index contributed by atoms with van der Waals surface area (Å²) >= 11 is 0. The number of azo groups is 1. The third kappa shape index (κ3) is 26.8. The average Bonchev–Trinajstić information content (AvgIpc) is 3.40. The lowest BCUT2D eigenvalue weighted by atomic mass is 10.1. The van der Waals surface area contributed by atoms with Gasteiger partial charge < -0.3 is 65.3 Å². The number of nitrogens with zero attached hydrogens (tertiary/aromatic N) is 2. The molecule has 76 heavy (non-hydrogen) atoms. The van der Waals surface area contributed by atoms with Crippen LogP contribution in [0, 0.1) is 0 Å². The van der Waals surface area contributed by atoms with E-state index in [1.165, 1.54) is 12.1 Å². The number of alkyl carbamates (subject to hydrolysis) is 1. The number of hydrogen-bond acceptors (Lipinski definition) is 17. The quantitative estimate of drug-likeness (QED) is 0.0138. The molecule has 4 aromatic carbocycles. The van der Waals surface area contributed by atoms with Crippen molar-refractivity contribution in [2.45, 2.75) is 58.5 Å². The van der Waals surface area contributed by atoms with Crippen molar-refractivity contribution in [3.63, 3.8) is 0 Å². The molecule has 4 aromatic rings. The van der Waals surface area contributed by atoms with Gasteiger partial charge in [-0.05, 0) is 119 Å². The molecular formula is C54H75N9O13. The van der Waals surface area contributed by atoms with E-state index in [1.54, 1.807) is 75.4 Å². The number of phenols is 1. The van der Waals surface area contributed by atoms with Crippen LogP contribution in [0.2, 0.25) is 0 Å². The Morgan fingerprint density at radius 3 is 1.80 bits per heavy atom. The minimum Gasteiger partial charge on any atom is -0.506 e. The maximum absolute atomic E-state index is 12.6. The van der Waals surface area contributed by atoms with Gasteiger partial charge in [-0.15, -0.1) is 5.11 Å². The summed E-state index contributed by atoms with van der Waals surface area (Å²) in [5.74, 6) is -1.37. The summed E-state index contributed by atoms with van der Waals surface area (Å²) in [4.78, 5) is 60.7. The summed E-state index contributed by atoms with van der Waals surface area (Å²) in [6.45, 7) is 12.0. The number of anilines is 2. The highest BCUT2D eigenvalue weighted by molar-refractivity contribution is 5.99. The molecule has 9 N–H and O–H groups in total. The molecule has 22 heteroatoms. The molecule has 0 saturated carbocycles. The predicted molar refractivity (Wildman–Crippen MR) is 286 cm³/mol. The SMILES string of the molecule is CC(C)(C)OC(=O)NCCc1ccc(O)c(N=Nc2ccc(C(=O)NCCOCCOCCOCCOCCOCCOCCC(=O)NCCCCCNc3ccccc3NNC(=O)c3cccc(C(N)=O)c3)cc2)c1. The van der Waals surface area contributed by atoms with Gasteiger partial charge in [-0.25, -0.2) is 4.79 Å². The summed E-state index contributed by atoms with van der Waals surface area (Å²) in [5, 5.41) is 30.4. The lowest BCUT2D eigenvalue weighted by Gasteiger charge is -2.19. The molecular weight excluding hydrogens is 983 g/mol. The van der Waals surface area contributed by atoms with Gasteiger partial charge >= 0.3 is 6.09 Å². The predicted octanol–water partition coefficient (Wildman–Crippen LogP) is 6.35. The van der Waals surface area contributed by atoms with Crippen LogP contribution in [0.25, 0.3) is 0 Å². The topological polar surface area (TPSA) is 293 Å². The lowest BCUT2D eigenvalue weighted by molar-refractivity contribution is -0.122. The molecule has 0 aliphatic rings. The zero-order valence-electron chi connectivity index (χ0n) is 43.8. The van der Waals surface area contributed by atoms with Crippen LogP contribution in [0.4, 0.5) is 27.5 Å². The number of nitrogens with two attached hydrogens (primary N) is 1. The Kier molecular flexibility index (Phi) is 29.0. The Hall–Kier alpha value is -7.21. The standard InChI is InChI=1S/C54H75N9O13/c1-54(2,3)76-53(69)59-24-20-40-14-19-48(64)47(38-40)62-60-44-17-15-41(16-18-44)51(67)58-25-27-71-29-31-73-33-35-75-37-36-74-34-32-72-30-28-70-26-21-49(65)57-23-8-4-7-22-56-45-12-5-6-13-46(45)61-63-52(68)43-11-9-10-42(39-43)50(55)66/h5-6,9-19,38-39,56,61,64H,4,7-8,20-37H2,1-3H3,(H2,55,66)(H,57,65)(H,58,67)(H,59,69)(H,63,68). The summed E-state index contributed by atoms with van der Waals surface area (Å²) in [7, 11) is 0. The number of carbonyl (C=O) groups excluding carboxylic acids is 5. The fourth-order valence-electron chi connectivity index (χ4n) is 6.65. The van der Waals surface area contributed by atoms with E-state index in [0.29, 0.717) is 134 Å². The summed E-state index contributed by atoms with van der Waals surface area (Å²) in [5.41, 5.74) is 14.4. The van der Waals surface area contributed by atoms with E-state index in [1.807, 2.05) is 24.3 Å². The number of hydrogen-bond donors (Lipinski definition) is 8. The first-order valence-electron chi connectivity index (χ1n) is 25.4. The average molecular weight is 1060 g/mol. The molecule has 0 aliphatic heterocycles. The van der Waals surface area contributed by atoms with Gasteiger partial charge in [0.25, 0.3) is 11.8 Å². The summed E-state index contributed by atoms with van der Waals surface area (Å²) in [6.07, 6.45) is 2.90. The number of amides is 5. The van der Waals surface area contributed by atoms with Crippen LogP contribution in [0.15, 0.2) is 101 Å². The van der Waals surface area contributed by atoms with E-state index < -0.39 is 23.5 Å². The van der Waals surface area contributed by atoms with Gasteiger partial charge in [0, 0.05) is 49.3 Å². The monoisotopic (exact) mass is 1060 g/mol. The fourth-order valence-corrected chi connectivity index (χ4v) is 6.65. The van der Waals surface area contributed by atoms with Crippen LogP contribution in [0.3, 0.4) is 0 Å². The zero-order valence-corrected chi connectivity index (χ0v) is 43.8. The molecule has 22 nitrogen and oxygen atoms in total. The van der Waals surface area contributed by atoms with Crippen molar-refractivity contribution in [3.05, 3.63) is 113 Å². The maximum atomic E-state index is 12.6. The molecule has 0 saturated heterocycles. The number of phenolic OH excluding ortho intramolecular Hbond substituents is 1. The van der Waals surface area contributed by atoms with Crippen molar-refractivity contribution in [1.29, 1.82) is 0 Å². The Balaban J connectivity index is 0.870. The van der Waals surface area contributed by atoms with Crippen LogP contribution < -0.4 is 37.9 Å². The van der Waals surface area contributed by atoms with E-state index in [4.69, 9.17) is 38.9 Å². The van der Waals surface area contributed by atoms with Crippen molar-refractivity contribution < 1.29 is 62.2 Å². The smallest absolute Gasteiger partial charge is 0.407 e. The van der Waals surface area contributed by atoms with Crippen LogP contribution in [0.1, 0.15) is 83.1 Å². The second kappa shape index (κ2) is 35.9. The van der Waals surface area contributed by atoms with Gasteiger partial charge in [0.05, 0.1) is 96.3 Å². The van der Waals surface area contributed by atoms with Gasteiger partial charge in [0.2, 0.25) is 11.8 Å². The van der Waals surface area contributed by atoms with Crippen LogP contribution in [-0.4, -0.2) is 146 Å². The van der Waals surface area contributed by atoms with Crippen molar-refractivity contribution in [3.8, 4) is 5.75 Å².